The van der Waals surface area contributed by atoms with E-state index in [1.54, 1.807) is 0 Å². The van der Waals surface area contributed by atoms with Crippen LogP contribution < -0.4 is 0 Å². The van der Waals surface area contributed by atoms with Crippen LogP contribution >= 0.6 is 0 Å². The van der Waals surface area contributed by atoms with E-state index in [0.29, 0.717) is 16.7 Å². The van der Waals surface area contributed by atoms with Gasteiger partial charge in [0.15, 0.2) is 12.4 Å². The number of rotatable bonds is 13. The second-order valence-corrected chi connectivity index (χ2v) is 11.3. The van der Waals surface area contributed by atoms with Gasteiger partial charge >= 0.3 is 20.8 Å². The Balaban J connectivity index is 1.81. The largest absolute Gasteiger partial charge is 0.397 e. The first-order valence-corrected chi connectivity index (χ1v) is 15.4. The fourth-order valence-corrected chi connectivity index (χ4v) is 5.87. The maximum atomic E-state index is 11.9. The van der Waals surface area contributed by atoms with Crippen LogP contribution in [0.2, 0.25) is 0 Å². The van der Waals surface area contributed by atoms with E-state index in [1.165, 1.54) is 6.08 Å². The van der Waals surface area contributed by atoms with Gasteiger partial charge in [-0.15, -0.1) is 6.58 Å². The summed E-state index contributed by atoms with van der Waals surface area (Å²) in [5.74, 6) is 0. The van der Waals surface area contributed by atoms with Gasteiger partial charge in [-0.2, -0.15) is 16.8 Å². The third-order valence-electron chi connectivity index (χ3n) is 6.49. The molecule has 0 radical (unpaired) electrons. The van der Waals surface area contributed by atoms with E-state index in [1.807, 2.05) is 91.0 Å². The van der Waals surface area contributed by atoms with Crippen molar-refractivity contribution < 1.29 is 53.6 Å². The molecule has 0 aliphatic carbocycles. The summed E-state index contributed by atoms with van der Waals surface area (Å²) in [6.07, 6.45) is -7.85. The molecule has 1 fully saturated rings. The lowest BCUT2D eigenvalue weighted by Crippen LogP contribution is -2.62. The molecular weight excluding hydrogens is 592 g/mol. The van der Waals surface area contributed by atoms with Crippen molar-refractivity contribution in [2.45, 2.75) is 36.3 Å². The minimum atomic E-state index is -5.20. The summed E-state index contributed by atoms with van der Waals surface area (Å²) in [7, 11) is -10.4. The Labute approximate surface area is 244 Å². The van der Waals surface area contributed by atoms with Crippen molar-refractivity contribution in [1.29, 1.82) is 0 Å². The Kier molecular flexibility index (Phi) is 10.3. The number of benzene rings is 3. The van der Waals surface area contributed by atoms with Crippen LogP contribution in [0.5, 0.6) is 0 Å². The first-order valence-electron chi connectivity index (χ1n) is 12.6. The number of hydrogen-bond donors (Lipinski definition) is 3. The van der Waals surface area contributed by atoms with Crippen molar-refractivity contribution in [1.82, 2.24) is 0 Å². The lowest BCUT2D eigenvalue weighted by molar-refractivity contribution is -0.287. The van der Waals surface area contributed by atoms with Gasteiger partial charge in [0, 0.05) is 0 Å². The topological polar surface area (TPSA) is 175 Å². The molecule has 0 spiro atoms. The molecule has 3 N–H and O–H groups in total. The average Bonchev–Trinajstić information content (AvgIpc) is 2.95. The predicted molar refractivity (Wildman–Crippen MR) is 149 cm³/mol. The van der Waals surface area contributed by atoms with Gasteiger partial charge in [-0.3, -0.25) is 9.11 Å². The van der Waals surface area contributed by atoms with Gasteiger partial charge in [0.05, 0.1) is 13.2 Å². The molecule has 1 heterocycles. The highest BCUT2D eigenvalue weighted by Gasteiger charge is 2.52. The zero-order valence-corrected chi connectivity index (χ0v) is 23.7. The number of ether oxygens (including phenoxy) is 3. The fraction of sp³-hybridized carbons (Fsp3) is 0.286. The minimum Gasteiger partial charge on any atom is -0.368 e. The second kappa shape index (κ2) is 13.5. The Hall–Kier alpha value is -3.02. The first kappa shape index (κ1) is 31.9. The smallest absolute Gasteiger partial charge is 0.368 e. The molecule has 0 aromatic heterocycles. The summed E-state index contributed by atoms with van der Waals surface area (Å²) in [4.78, 5) is 0. The number of aliphatic hydroxyl groups is 1. The van der Waals surface area contributed by atoms with E-state index in [4.69, 9.17) is 18.4 Å². The lowest BCUT2D eigenvalue weighted by atomic mass is 9.80. The molecule has 5 atom stereocenters. The standard InChI is InChI=1S/C28H30O12S2/c1-2-18-36-25-24(39-41(30,31)32)23(38-27(29)26(25)40-42(33,34)35)19-37-28(20-12-6-3-7-13-20,21-14-8-4-9-15-21)22-16-10-5-11-17-22/h2-17,23-27,29H,1,18-19H2,(H,30,31,32)(H,33,34,35)/t23-,24-,25+,26+,27+/m1/s1. The van der Waals surface area contributed by atoms with Crippen molar-refractivity contribution in [3.63, 3.8) is 0 Å². The van der Waals surface area contributed by atoms with Crippen LogP contribution in [-0.4, -0.2) is 75.0 Å². The second-order valence-electron chi connectivity index (χ2n) is 9.22. The molecule has 0 saturated carbocycles. The van der Waals surface area contributed by atoms with Crippen LogP contribution in [0.1, 0.15) is 16.7 Å². The molecule has 12 nitrogen and oxygen atoms in total. The summed E-state index contributed by atoms with van der Waals surface area (Å²) in [6.45, 7) is 2.72. The van der Waals surface area contributed by atoms with Crippen molar-refractivity contribution in [3.05, 3.63) is 120 Å². The van der Waals surface area contributed by atoms with Crippen molar-refractivity contribution in [2.24, 2.45) is 0 Å². The molecule has 1 saturated heterocycles. The summed E-state index contributed by atoms with van der Waals surface area (Å²) >= 11 is 0. The fourth-order valence-electron chi connectivity index (χ4n) is 4.87. The first-order chi connectivity index (χ1) is 19.9. The molecule has 14 heteroatoms. The third-order valence-corrected chi connectivity index (χ3v) is 7.42. The van der Waals surface area contributed by atoms with Crippen LogP contribution in [-0.2, 0) is 49.0 Å². The lowest BCUT2D eigenvalue weighted by Gasteiger charge is -2.44. The molecule has 42 heavy (non-hydrogen) atoms. The Morgan fingerprint density at radius 1 is 0.738 bits per heavy atom. The Morgan fingerprint density at radius 3 is 1.57 bits per heavy atom. The average molecular weight is 623 g/mol. The van der Waals surface area contributed by atoms with Gasteiger partial charge in [0.2, 0.25) is 0 Å². The third kappa shape index (κ3) is 7.67. The molecule has 4 rings (SSSR count). The maximum absolute atomic E-state index is 11.9. The van der Waals surface area contributed by atoms with Crippen molar-refractivity contribution >= 4 is 20.8 Å². The van der Waals surface area contributed by atoms with Gasteiger partial charge in [-0.1, -0.05) is 97.1 Å². The number of aliphatic hydroxyl groups excluding tert-OH is 1. The maximum Gasteiger partial charge on any atom is 0.397 e. The quantitative estimate of drug-likeness (QED) is 0.145. The summed E-state index contributed by atoms with van der Waals surface area (Å²) in [5.41, 5.74) is 0.772. The minimum absolute atomic E-state index is 0.288. The van der Waals surface area contributed by atoms with Crippen LogP contribution in [0.25, 0.3) is 0 Å². The van der Waals surface area contributed by atoms with E-state index < -0.39 is 63.7 Å². The molecule has 1 aliphatic heterocycles. The van der Waals surface area contributed by atoms with Crippen molar-refractivity contribution in [2.75, 3.05) is 13.2 Å². The van der Waals surface area contributed by atoms with Gasteiger partial charge in [-0.25, -0.2) is 8.37 Å². The molecule has 0 amide bonds. The Morgan fingerprint density at radius 2 is 1.17 bits per heavy atom. The zero-order valence-electron chi connectivity index (χ0n) is 22.1. The van der Waals surface area contributed by atoms with E-state index in [2.05, 4.69) is 10.8 Å². The molecule has 0 unspecified atom stereocenters. The monoisotopic (exact) mass is 622 g/mol. The summed E-state index contributed by atoms with van der Waals surface area (Å²) < 4.78 is 92.8. The number of hydrogen-bond acceptors (Lipinski definition) is 10. The van der Waals surface area contributed by atoms with Gasteiger partial charge < -0.3 is 19.3 Å². The molecule has 1 aliphatic rings. The van der Waals surface area contributed by atoms with Crippen LogP contribution in [0.15, 0.2) is 104 Å². The van der Waals surface area contributed by atoms with Crippen LogP contribution in [0.3, 0.4) is 0 Å². The highest BCUT2D eigenvalue weighted by molar-refractivity contribution is 7.81. The highest BCUT2D eigenvalue weighted by atomic mass is 32.3. The summed E-state index contributed by atoms with van der Waals surface area (Å²) in [6, 6.07) is 27.5. The van der Waals surface area contributed by atoms with Gasteiger partial charge in [-0.05, 0) is 16.7 Å². The molecule has 3 aromatic rings. The SMILES string of the molecule is C=CCO[C@@H]1[C@H](OS(=O)(=O)O)[C@@H](O)O[C@H](COC(c2ccccc2)(c2ccccc2)c2ccccc2)[C@H]1OS(=O)(=O)O. The van der Waals surface area contributed by atoms with E-state index >= 15 is 0 Å². The molecule has 3 aromatic carbocycles. The van der Waals surface area contributed by atoms with E-state index in [9.17, 15) is 31.0 Å². The normalized spacial score (nSPS) is 23.4. The van der Waals surface area contributed by atoms with Gasteiger partial charge in [0.1, 0.15) is 23.9 Å². The van der Waals surface area contributed by atoms with Crippen LogP contribution in [0, 0.1) is 0 Å². The molecule has 226 valence electrons. The molecule has 0 bridgehead atoms. The van der Waals surface area contributed by atoms with E-state index in [0.717, 1.165) is 0 Å². The summed E-state index contributed by atoms with van der Waals surface area (Å²) in [5, 5.41) is 10.7. The molecular formula is C28H30O12S2. The van der Waals surface area contributed by atoms with E-state index in [-0.39, 0.29) is 6.61 Å². The van der Waals surface area contributed by atoms with Crippen LogP contribution in [0.4, 0.5) is 0 Å². The van der Waals surface area contributed by atoms with Gasteiger partial charge in [0.25, 0.3) is 0 Å². The highest BCUT2D eigenvalue weighted by Crippen LogP contribution is 2.41. The predicted octanol–water partition coefficient (Wildman–Crippen LogP) is 2.66. The van der Waals surface area contributed by atoms with Crippen molar-refractivity contribution in [3.8, 4) is 0 Å². The Bertz CT molecular complexity index is 1420. The zero-order chi connectivity index (χ0) is 30.4.